The van der Waals surface area contributed by atoms with Crippen LogP contribution in [0.5, 0.6) is 0 Å². The predicted molar refractivity (Wildman–Crippen MR) is 99.1 cm³/mol. The lowest BCUT2D eigenvalue weighted by molar-refractivity contribution is -0.384. The summed E-state index contributed by atoms with van der Waals surface area (Å²) >= 11 is 0. The molecule has 1 saturated carbocycles. The molecular formula is C20H22N2O4. The fraction of sp³-hybridized carbons (Fsp3) is 0.350. The van der Waals surface area contributed by atoms with Gasteiger partial charge in [-0.1, -0.05) is 49.6 Å². The Bertz CT molecular complexity index is 740. The largest absolute Gasteiger partial charge is 0.444 e. The number of carbonyl (C=O) groups is 1. The fourth-order valence-electron chi connectivity index (χ4n) is 3.33. The topological polar surface area (TPSA) is 72.7 Å². The number of nitro groups is 1. The van der Waals surface area contributed by atoms with E-state index >= 15 is 0 Å². The molecule has 0 spiro atoms. The summed E-state index contributed by atoms with van der Waals surface area (Å²) in [5.74, 6) is 0. The van der Waals surface area contributed by atoms with Crippen molar-refractivity contribution in [2.24, 2.45) is 0 Å². The highest BCUT2D eigenvalue weighted by atomic mass is 16.6. The smallest absolute Gasteiger partial charge is 0.414 e. The molecule has 0 heterocycles. The quantitative estimate of drug-likeness (QED) is 0.555. The van der Waals surface area contributed by atoms with Gasteiger partial charge in [-0.2, -0.15) is 0 Å². The zero-order chi connectivity index (χ0) is 18.4. The Hall–Kier alpha value is -2.89. The molecule has 6 heteroatoms. The van der Waals surface area contributed by atoms with Crippen LogP contribution in [0.3, 0.4) is 0 Å². The summed E-state index contributed by atoms with van der Waals surface area (Å²) in [6.07, 6.45) is 4.73. The van der Waals surface area contributed by atoms with E-state index in [1.807, 2.05) is 30.3 Å². The summed E-state index contributed by atoms with van der Waals surface area (Å²) in [6, 6.07) is 15.7. The molecule has 0 bridgehead atoms. The van der Waals surface area contributed by atoms with Gasteiger partial charge in [-0.3, -0.25) is 15.0 Å². The van der Waals surface area contributed by atoms with Crippen LogP contribution in [0.25, 0.3) is 0 Å². The SMILES string of the molecule is O=C(OCc1ccccc1)N(c1ccc([N+](=O)[O-])cc1)C1CCCCC1. The highest BCUT2D eigenvalue weighted by molar-refractivity contribution is 5.88. The number of benzene rings is 2. The lowest BCUT2D eigenvalue weighted by Crippen LogP contribution is -2.42. The number of ether oxygens (including phenoxy) is 1. The van der Waals surface area contributed by atoms with Gasteiger partial charge < -0.3 is 4.74 Å². The second-order valence-corrected chi connectivity index (χ2v) is 6.48. The number of rotatable bonds is 5. The van der Waals surface area contributed by atoms with Gasteiger partial charge in [-0.05, 0) is 30.5 Å². The normalized spacial score (nSPS) is 14.6. The average Bonchev–Trinajstić information content (AvgIpc) is 2.69. The lowest BCUT2D eigenvalue weighted by atomic mass is 9.94. The van der Waals surface area contributed by atoms with Gasteiger partial charge in [-0.25, -0.2) is 4.79 Å². The van der Waals surface area contributed by atoms with E-state index in [-0.39, 0.29) is 18.3 Å². The van der Waals surface area contributed by atoms with E-state index in [4.69, 9.17) is 4.74 Å². The molecule has 2 aromatic carbocycles. The van der Waals surface area contributed by atoms with Gasteiger partial charge in [0.1, 0.15) is 6.61 Å². The summed E-state index contributed by atoms with van der Waals surface area (Å²) in [6.45, 7) is 0.204. The molecule has 1 amide bonds. The molecule has 1 aliphatic carbocycles. The van der Waals surface area contributed by atoms with Crippen LogP contribution in [0.1, 0.15) is 37.7 Å². The summed E-state index contributed by atoms with van der Waals surface area (Å²) in [5, 5.41) is 10.9. The van der Waals surface area contributed by atoms with Crippen LogP contribution in [-0.2, 0) is 11.3 Å². The van der Waals surface area contributed by atoms with Crippen molar-refractivity contribution >= 4 is 17.5 Å². The number of non-ortho nitro benzene ring substituents is 1. The zero-order valence-corrected chi connectivity index (χ0v) is 14.5. The first-order chi connectivity index (χ1) is 12.6. The first-order valence-corrected chi connectivity index (χ1v) is 8.89. The van der Waals surface area contributed by atoms with Crippen molar-refractivity contribution in [3.63, 3.8) is 0 Å². The Morgan fingerprint density at radius 1 is 1.04 bits per heavy atom. The van der Waals surface area contributed by atoms with Crippen molar-refractivity contribution < 1.29 is 14.5 Å². The number of anilines is 1. The van der Waals surface area contributed by atoms with E-state index < -0.39 is 11.0 Å². The van der Waals surface area contributed by atoms with Crippen LogP contribution in [0.2, 0.25) is 0 Å². The number of nitro benzene ring substituents is 1. The summed E-state index contributed by atoms with van der Waals surface area (Å²) in [5.41, 5.74) is 1.57. The van der Waals surface area contributed by atoms with Crippen LogP contribution in [0.4, 0.5) is 16.2 Å². The Morgan fingerprint density at radius 2 is 1.69 bits per heavy atom. The maximum atomic E-state index is 12.8. The van der Waals surface area contributed by atoms with Crippen LogP contribution in [-0.4, -0.2) is 17.1 Å². The molecule has 6 nitrogen and oxygen atoms in total. The van der Waals surface area contributed by atoms with E-state index in [9.17, 15) is 14.9 Å². The third-order valence-electron chi connectivity index (χ3n) is 4.68. The van der Waals surface area contributed by atoms with Crippen molar-refractivity contribution in [3.05, 3.63) is 70.3 Å². The number of hydrogen-bond acceptors (Lipinski definition) is 4. The monoisotopic (exact) mass is 354 g/mol. The van der Waals surface area contributed by atoms with Gasteiger partial charge in [0.25, 0.3) is 5.69 Å². The molecule has 3 rings (SSSR count). The molecule has 0 aromatic heterocycles. The van der Waals surface area contributed by atoms with Crippen molar-refractivity contribution in [1.29, 1.82) is 0 Å². The van der Waals surface area contributed by atoms with E-state index in [2.05, 4.69) is 0 Å². The minimum absolute atomic E-state index is 0.00926. The Balaban J connectivity index is 1.78. The van der Waals surface area contributed by atoms with Crippen LogP contribution >= 0.6 is 0 Å². The van der Waals surface area contributed by atoms with Crippen molar-refractivity contribution in [2.45, 2.75) is 44.8 Å². The molecule has 0 radical (unpaired) electrons. The molecule has 136 valence electrons. The number of nitrogens with zero attached hydrogens (tertiary/aromatic N) is 2. The van der Waals surface area contributed by atoms with Crippen molar-refractivity contribution in [2.75, 3.05) is 4.90 Å². The molecule has 0 unspecified atom stereocenters. The van der Waals surface area contributed by atoms with Gasteiger partial charge in [0.05, 0.1) is 4.92 Å². The highest BCUT2D eigenvalue weighted by Crippen LogP contribution is 2.29. The Kier molecular flexibility index (Phi) is 5.84. The van der Waals surface area contributed by atoms with E-state index in [1.54, 1.807) is 17.0 Å². The van der Waals surface area contributed by atoms with Crippen molar-refractivity contribution in [3.8, 4) is 0 Å². The summed E-state index contributed by atoms with van der Waals surface area (Å²) in [7, 11) is 0. The third kappa shape index (κ3) is 4.39. The molecule has 0 N–H and O–H groups in total. The first-order valence-electron chi connectivity index (χ1n) is 8.89. The minimum atomic E-state index is -0.442. The molecule has 1 aliphatic rings. The highest BCUT2D eigenvalue weighted by Gasteiger charge is 2.28. The Morgan fingerprint density at radius 3 is 2.31 bits per heavy atom. The van der Waals surface area contributed by atoms with Crippen LogP contribution < -0.4 is 4.90 Å². The molecule has 0 saturated heterocycles. The minimum Gasteiger partial charge on any atom is -0.444 e. The van der Waals surface area contributed by atoms with E-state index in [0.29, 0.717) is 5.69 Å². The zero-order valence-electron chi connectivity index (χ0n) is 14.5. The summed E-state index contributed by atoms with van der Waals surface area (Å²) < 4.78 is 5.53. The second kappa shape index (κ2) is 8.47. The van der Waals surface area contributed by atoms with E-state index in [1.165, 1.54) is 18.6 Å². The number of amides is 1. The fourth-order valence-corrected chi connectivity index (χ4v) is 3.33. The Labute approximate surface area is 152 Å². The first kappa shape index (κ1) is 17.9. The molecule has 1 fully saturated rings. The second-order valence-electron chi connectivity index (χ2n) is 6.48. The van der Waals surface area contributed by atoms with Crippen LogP contribution in [0.15, 0.2) is 54.6 Å². The van der Waals surface area contributed by atoms with Crippen LogP contribution in [0, 0.1) is 10.1 Å². The van der Waals surface area contributed by atoms with Gasteiger partial charge in [0.15, 0.2) is 0 Å². The van der Waals surface area contributed by atoms with Gasteiger partial charge in [-0.15, -0.1) is 0 Å². The van der Waals surface area contributed by atoms with Crippen molar-refractivity contribution in [1.82, 2.24) is 0 Å². The lowest BCUT2D eigenvalue weighted by Gasteiger charge is -2.33. The molecule has 0 aliphatic heterocycles. The molecule has 0 atom stereocenters. The molecule has 26 heavy (non-hydrogen) atoms. The molecular weight excluding hydrogens is 332 g/mol. The summed E-state index contributed by atoms with van der Waals surface area (Å²) in [4.78, 5) is 24.9. The maximum Gasteiger partial charge on any atom is 0.414 e. The third-order valence-corrected chi connectivity index (χ3v) is 4.68. The average molecular weight is 354 g/mol. The number of carbonyl (C=O) groups excluding carboxylic acids is 1. The number of hydrogen-bond donors (Lipinski definition) is 0. The van der Waals surface area contributed by atoms with Gasteiger partial charge in [0, 0.05) is 23.9 Å². The van der Waals surface area contributed by atoms with Gasteiger partial charge in [0.2, 0.25) is 0 Å². The molecule has 2 aromatic rings. The standard InChI is InChI=1S/C20H22N2O4/c23-20(26-15-16-7-3-1-4-8-16)21(17-9-5-2-6-10-17)18-11-13-19(14-12-18)22(24)25/h1,3-4,7-8,11-14,17H,2,5-6,9-10,15H2. The predicted octanol–water partition coefficient (Wildman–Crippen LogP) is 5.07. The van der Waals surface area contributed by atoms with Gasteiger partial charge >= 0.3 is 6.09 Å². The van der Waals surface area contributed by atoms with E-state index in [0.717, 1.165) is 31.2 Å². The maximum absolute atomic E-state index is 12.8.